The molecule has 2 N–H and O–H groups in total. The van der Waals surface area contributed by atoms with E-state index in [0.717, 1.165) is 11.3 Å². The van der Waals surface area contributed by atoms with Crippen LogP contribution in [0.4, 0.5) is 0 Å². The van der Waals surface area contributed by atoms with Crippen molar-refractivity contribution in [3.05, 3.63) is 29.8 Å². The summed E-state index contributed by atoms with van der Waals surface area (Å²) < 4.78 is 5.30. The molecular formula is C11H18N2O. The molecule has 0 aliphatic carbocycles. The highest BCUT2D eigenvalue weighted by Crippen LogP contribution is 2.26. The van der Waals surface area contributed by atoms with E-state index in [4.69, 9.17) is 10.5 Å². The zero-order valence-corrected chi connectivity index (χ0v) is 9.03. The van der Waals surface area contributed by atoms with Crippen LogP contribution in [0.2, 0.25) is 0 Å². The van der Waals surface area contributed by atoms with Crippen molar-refractivity contribution in [2.24, 2.45) is 5.73 Å². The van der Waals surface area contributed by atoms with E-state index in [-0.39, 0.29) is 6.04 Å². The molecule has 1 unspecified atom stereocenters. The molecule has 1 atom stereocenters. The molecule has 78 valence electrons. The molecule has 1 rings (SSSR count). The molecule has 0 bridgehead atoms. The van der Waals surface area contributed by atoms with Crippen LogP contribution in [0.3, 0.4) is 0 Å². The van der Waals surface area contributed by atoms with Crippen molar-refractivity contribution in [3.63, 3.8) is 0 Å². The lowest BCUT2D eigenvalue weighted by molar-refractivity contribution is 0.295. The first-order valence-electron chi connectivity index (χ1n) is 4.70. The topological polar surface area (TPSA) is 38.5 Å². The fourth-order valence-corrected chi connectivity index (χ4v) is 1.56. The lowest BCUT2D eigenvalue weighted by Crippen LogP contribution is -2.27. The van der Waals surface area contributed by atoms with Gasteiger partial charge in [0.2, 0.25) is 0 Å². The second kappa shape index (κ2) is 4.98. The molecule has 0 aliphatic heterocycles. The van der Waals surface area contributed by atoms with Crippen LogP contribution in [0.5, 0.6) is 5.75 Å². The zero-order chi connectivity index (χ0) is 10.6. The molecular weight excluding hydrogens is 176 g/mol. The van der Waals surface area contributed by atoms with E-state index in [1.165, 1.54) is 0 Å². The van der Waals surface area contributed by atoms with E-state index < -0.39 is 0 Å². The first kappa shape index (κ1) is 11.0. The lowest BCUT2D eigenvalue weighted by atomic mass is 10.1. The van der Waals surface area contributed by atoms with Crippen LogP contribution in [-0.2, 0) is 0 Å². The van der Waals surface area contributed by atoms with Gasteiger partial charge in [-0.1, -0.05) is 18.2 Å². The summed E-state index contributed by atoms with van der Waals surface area (Å²) in [6.07, 6.45) is 0. The van der Waals surface area contributed by atoms with Crippen LogP contribution in [0.15, 0.2) is 24.3 Å². The van der Waals surface area contributed by atoms with Gasteiger partial charge in [-0.15, -0.1) is 0 Å². The summed E-state index contributed by atoms with van der Waals surface area (Å²) in [6, 6.07) is 8.19. The molecule has 0 radical (unpaired) electrons. The standard InChI is InChI=1S/C11H18N2O/c1-13(2)10(8-12)9-6-4-5-7-11(9)14-3/h4-7,10H,8,12H2,1-3H3. The van der Waals surface area contributed by atoms with Gasteiger partial charge in [-0.3, -0.25) is 0 Å². The van der Waals surface area contributed by atoms with Gasteiger partial charge >= 0.3 is 0 Å². The van der Waals surface area contributed by atoms with E-state index in [0.29, 0.717) is 6.54 Å². The zero-order valence-electron chi connectivity index (χ0n) is 9.03. The Morgan fingerprint density at radius 2 is 2.00 bits per heavy atom. The third-order valence-electron chi connectivity index (χ3n) is 2.34. The monoisotopic (exact) mass is 194 g/mol. The molecule has 0 aliphatic rings. The Morgan fingerprint density at radius 1 is 1.36 bits per heavy atom. The van der Waals surface area contributed by atoms with Gasteiger partial charge < -0.3 is 15.4 Å². The van der Waals surface area contributed by atoms with Crippen molar-refractivity contribution in [1.29, 1.82) is 0 Å². The number of ether oxygens (including phenoxy) is 1. The number of hydrogen-bond acceptors (Lipinski definition) is 3. The van der Waals surface area contributed by atoms with Gasteiger partial charge in [-0.2, -0.15) is 0 Å². The van der Waals surface area contributed by atoms with E-state index >= 15 is 0 Å². The number of likely N-dealkylation sites (N-methyl/N-ethyl adjacent to an activating group) is 1. The molecule has 0 fully saturated rings. The normalized spacial score (nSPS) is 12.9. The Labute approximate surface area is 85.5 Å². The van der Waals surface area contributed by atoms with Crippen molar-refractivity contribution >= 4 is 0 Å². The number of benzene rings is 1. The minimum Gasteiger partial charge on any atom is -0.496 e. The van der Waals surface area contributed by atoms with Gasteiger partial charge in [0.05, 0.1) is 13.2 Å². The minimum absolute atomic E-state index is 0.214. The van der Waals surface area contributed by atoms with Crippen molar-refractivity contribution < 1.29 is 4.74 Å². The van der Waals surface area contributed by atoms with E-state index in [1.807, 2.05) is 32.3 Å². The number of nitrogens with zero attached hydrogens (tertiary/aromatic N) is 1. The fourth-order valence-electron chi connectivity index (χ4n) is 1.56. The summed E-state index contributed by atoms with van der Waals surface area (Å²) in [6.45, 7) is 0.591. The summed E-state index contributed by atoms with van der Waals surface area (Å²) in [5, 5.41) is 0. The molecule has 14 heavy (non-hydrogen) atoms. The Morgan fingerprint density at radius 3 is 2.50 bits per heavy atom. The maximum absolute atomic E-state index is 5.73. The van der Waals surface area contributed by atoms with E-state index in [1.54, 1.807) is 7.11 Å². The smallest absolute Gasteiger partial charge is 0.123 e. The van der Waals surface area contributed by atoms with Crippen LogP contribution >= 0.6 is 0 Å². The van der Waals surface area contributed by atoms with Crippen LogP contribution in [0, 0.1) is 0 Å². The quantitative estimate of drug-likeness (QED) is 0.784. The van der Waals surface area contributed by atoms with E-state index in [2.05, 4.69) is 11.0 Å². The van der Waals surface area contributed by atoms with Crippen LogP contribution in [-0.4, -0.2) is 32.6 Å². The number of nitrogens with two attached hydrogens (primary N) is 1. The summed E-state index contributed by atoms with van der Waals surface area (Å²) in [7, 11) is 5.72. The molecule has 0 saturated heterocycles. The third kappa shape index (κ3) is 2.25. The SMILES string of the molecule is COc1ccccc1C(CN)N(C)C. The number of methoxy groups -OCH3 is 1. The molecule has 3 nitrogen and oxygen atoms in total. The van der Waals surface area contributed by atoms with Gasteiger partial charge in [0.1, 0.15) is 5.75 Å². The van der Waals surface area contributed by atoms with Crippen molar-refractivity contribution in [3.8, 4) is 5.75 Å². The van der Waals surface area contributed by atoms with Gasteiger partial charge in [-0.05, 0) is 20.2 Å². The Bertz CT molecular complexity index is 286. The largest absolute Gasteiger partial charge is 0.496 e. The molecule has 0 saturated carbocycles. The summed E-state index contributed by atoms with van der Waals surface area (Å²) in [5.74, 6) is 0.900. The average molecular weight is 194 g/mol. The van der Waals surface area contributed by atoms with Gasteiger partial charge in [0.15, 0.2) is 0 Å². The van der Waals surface area contributed by atoms with E-state index in [9.17, 15) is 0 Å². The lowest BCUT2D eigenvalue weighted by Gasteiger charge is -2.24. The average Bonchev–Trinajstić information content (AvgIpc) is 2.19. The molecule has 1 aromatic rings. The number of para-hydroxylation sites is 1. The maximum Gasteiger partial charge on any atom is 0.123 e. The number of hydrogen-bond donors (Lipinski definition) is 1. The second-order valence-corrected chi connectivity index (χ2v) is 3.46. The summed E-state index contributed by atoms with van der Waals surface area (Å²) >= 11 is 0. The molecule has 1 aromatic carbocycles. The molecule has 3 heteroatoms. The first-order valence-corrected chi connectivity index (χ1v) is 4.70. The Hall–Kier alpha value is -1.06. The highest BCUT2D eigenvalue weighted by Gasteiger charge is 2.15. The Balaban J connectivity index is 3.02. The summed E-state index contributed by atoms with van der Waals surface area (Å²) in [4.78, 5) is 2.10. The first-order chi connectivity index (χ1) is 6.70. The van der Waals surface area contributed by atoms with Gasteiger partial charge in [-0.25, -0.2) is 0 Å². The van der Waals surface area contributed by atoms with Gasteiger partial charge in [0, 0.05) is 12.1 Å². The molecule has 0 amide bonds. The molecule has 0 heterocycles. The molecule has 0 aromatic heterocycles. The van der Waals surface area contributed by atoms with Crippen molar-refractivity contribution in [2.45, 2.75) is 6.04 Å². The predicted octanol–water partition coefficient (Wildman–Crippen LogP) is 1.26. The van der Waals surface area contributed by atoms with Crippen LogP contribution in [0.25, 0.3) is 0 Å². The van der Waals surface area contributed by atoms with Gasteiger partial charge in [0.25, 0.3) is 0 Å². The highest BCUT2D eigenvalue weighted by molar-refractivity contribution is 5.36. The third-order valence-corrected chi connectivity index (χ3v) is 2.34. The number of rotatable bonds is 4. The Kier molecular flexibility index (Phi) is 3.92. The van der Waals surface area contributed by atoms with Crippen molar-refractivity contribution in [2.75, 3.05) is 27.7 Å². The maximum atomic E-state index is 5.73. The van der Waals surface area contributed by atoms with Crippen molar-refractivity contribution in [1.82, 2.24) is 4.90 Å². The van der Waals surface area contributed by atoms with Crippen LogP contribution in [0.1, 0.15) is 11.6 Å². The molecule has 0 spiro atoms. The minimum atomic E-state index is 0.214. The highest BCUT2D eigenvalue weighted by atomic mass is 16.5. The fraction of sp³-hybridized carbons (Fsp3) is 0.455. The van der Waals surface area contributed by atoms with Crippen LogP contribution < -0.4 is 10.5 Å². The summed E-state index contributed by atoms with van der Waals surface area (Å²) in [5.41, 5.74) is 6.87. The second-order valence-electron chi connectivity index (χ2n) is 3.46. The predicted molar refractivity (Wildman–Crippen MR) is 58.5 cm³/mol.